The second-order valence-corrected chi connectivity index (χ2v) is 9.75. The quantitative estimate of drug-likeness (QED) is 0.482. The molecule has 0 N–H and O–H groups in total. The summed E-state index contributed by atoms with van der Waals surface area (Å²) in [5.74, 6) is -0.296. The minimum atomic E-state index is -4.42. The van der Waals surface area contributed by atoms with Gasteiger partial charge >= 0.3 is 11.6 Å². The molecule has 1 amide bonds. The highest BCUT2D eigenvalue weighted by molar-refractivity contribution is 8.00. The molecule has 1 aromatic carbocycles. The SMILES string of the molecule is CC(C)(C)OC(=O)N1CC2(CC(Cc3ccc(SC(F)(F)F)cc3F)C2)C1. The molecule has 0 aromatic heterocycles. The number of hydrogen-bond donors (Lipinski definition) is 0. The number of carbonyl (C=O) groups is 1. The summed E-state index contributed by atoms with van der Waals surface area (Å²) in [7, 11) is 0. The van der Waals surface area contributed by atoms with Crippen LogP contribution in [0.2, 0.25) is 0 Å². The minimum absolute atomic E-state index is 0.101. The number of alkyl halides is 3. The van der Waals surface area contributed by atoms with Gasteiger partial charge in [-0.05, 0) is 75.4 Å². The zero-order valence-corrected chi connectivity index (χ0v) is 16.3. The Morgan fingerprint density at radius 1 is 1.26 bits per heavy atom. The van der Waals surface area contributed by atoms with Crippen LogP contribution in [0.3, 0.4) is 0 Å². The Balaban J connectivity index is 1.47. The van der Waals surface area contributed by atoms with Crippen LogP contribution in [0.1, 0.15) is 39.2 Å². The molecule has 8 heteroatoms. The van der Waals surface area contributed by atoms with E-state index in [1.54, 1.807) is 4.90 Å². The summed E-state index contributed by atoms with van der Waals surface area (Å²) in [5, 5.41) is 0. The number of likely N-dealkylation sites (tertiary alicyclic amines) is 1. The molecule has 3 rings (SSSR count). The third-order valence-electron chi connectivity index (χ3n) is 4.91. The van der Waals surface area contributed by atoms with Crippen molar-refractivity contribution in [1.82, 2.24) is 4.90 Å². The van der Waals surface area contributed by atoms with Crippen LogP contribution in [0, 0.1) is 17.2 Å². The molecule has 1 heterocycles. The van der Waals surface area contributed by atoms with E-state index >= 15 is 0 Å². The zero-order chi connectivity index (χ0) is 20.0. The fraction of sp³-hybridized carbons (Fsp3) is 0.632. The number of carbonyl (C=O) groups excluding carboxylic acids is 1. The Bertz CT molecular complexity index is 715. The lowest BCUT2D eigenvalue weighted by Gasteiger charge is -2.59. The van der Waals surface area contributed by atoms with Crippen LogP contribution in [0.25, 0.3) is 0 Å². The Morgan fingerprint density at radius 2 is 1.89 bits per heavy atom. The van der Waals surface area contributed by atoms with Gasteiger partial charge in [-0.15, -0.1) is 0 Å². The van der Waals surface area contributed by atoms with Gasteiger partial charge in [-0.2, -0.15) is 13.2 Å². The molecular weight excluding hydrogens is 382 g/mol. The number of hydrogen-bond acceptors (Lipinski definition) is 3. The maximum Gasteiger partial charge on any atom is 0.446 e. The molecule has 2 aliphatic rings. The van der Waals surface area contributed by atoms with Crippen molar-refractivity contribution < 1.29 is 27.1 Å². The molecule has 1 saturated carbocycles. The molecule has 150 valence electrons. The van der Waals surface area contributed by atoms with E-state index in [0.29, 0.717) is 31.0 Å². The number of ether oxygens (including phenoxy) is 1. The normalized spacial score (nSPS) is 19.6. The summed E-state index contributed by atoms with van der Waals surface area (Å²) in [6.07, 6.45) is 1.99. The van der Waals surface area contributed by atoms with Gasteiger partial charge < -0.3 is 9.64 Å². The molecule has 3 nitrogen and oxygen atoms in total. The van der Waals surface area contributed by atoms with Crippen molar-refractivity contribution in [2.24, 2.45) is 11.3 Å². The van der Waals surface area contributed by atoms with Crippen LogP contribution in [-0.2, 0) is 11.2 Å². The monoisotopic (exact) mass is 405 g/mol. The Hall–Kier alpha value is -1.44. The molecule has 0 bridgehead atoms. The van der Waals surface area contributed by atoms with Crippen molar-refractivity contribution >= 4 is 17.9 Å². The number of nitrogens with zero attached hydrogens (tertiary/aromatic N) is 1. The van der Waals surface area contributed by atoms with Crippen molar-refractivity contribution in [1.29, 1.82) is 0 Å². The molecule has 2 fully saturated rings. The number of amides is 1. The molecule has 1 aliphatic heterocycles. The molecule has 0 radical (unpaired) electrons. The molecule has 1 aliphatic carbocycles. The lowest BCUT2D eigenvalue weighted by atomic mass is 9.56. The topological polar surface area (TPSA) is 29.5 Å². The van der Waals surface area contributed by atoms with Gasteiger partial charge in [0.2, 0.25) is 0 Å². The highest BCUT2D eigenvalue weighted by Gasteiger charge is 2.54. The zero-order valence-electron chi connectivity index (χ0n) is 15.5. The molecule has 1 spiro atoms. The first-order chi connectivity index (χ1) is 12.3. The van der Waals surface area contributed by atoms with E-state index in [1.165, 1.54) is 12.1 Å². The molecular formula is C19H23F4NO2S. The van der Waals surface area contributed by atoms with Gasteiger partial charge in [0.05, 0.1) is 0 Å². The maximum atomic E-state index is 14.1. The molecule has 0 atom stereocenters. The standard InChI is InChI=1S/C19H23F4NO2S/c1-17(2,3)26-16(25)24-10-18(11-24)8-12(9-18)6-13-4-5-14(7-15(13)20)27-19(21,22)23/h4-5,7,12H,6,8-11H2,1-3H3. The predicted octanol–water partition coefficient (Wildman–Crippen LogP) is 5.63. The van der Waals surface area contributed by atoms with Gasteiger partial charge in [-0.25, -0.2) is 9.18 Å². The van der Waals surface area contributed by atoms with Gasteiger partial charge in [0.25, 0.3) is 0 Å². The average Bonchev–Trinajstić information content (AvgIpc) is 2.38. The Labute approximate surface area is 160 Å². The average molecular weight is 405 g/mol. The van der Waals surface area contributed by atoms with Gasteiger partial charge in [0.15, 0.2) is 0 Å². The first-order valence-corrected chi connectivity index (χ1v) is 9.68. The van der Waals surface area contributed by atoms with E-state index in [2.05, 4.69) is 0 Å². The highest BCUT2D eigenvalue weighted by Crippen LogP contribution is 2.53. The van der Waals surface area contributed by atoms with Crippen molar-refractivity contribution in [3.05, 3.63) is 29.6 Å². The Morgan fingerprint density at radius 3 is 2.41 bits per heavy atom. The van der Waals surface area contributed by atoms with E-state index in [4.69, 9.17) is 4.74 Å². The fourth-order valence-corrected chi connectivity index (χ4v) is 4.55. The number of rotatable bonds is 3. The lowest BCUT2D eigenvalue weighted by molar-refractivity contribution is -0.0948. The molecule has 1 saturated heterocycles. The highest BCUT2D eigenvalue weighted by atomic mass is 32.2. The summed E-state index contributed by atoms with van der Waals surface area (Å²) in [5.41, 5.74) is -4.39. The lowest BCUT2D eigenvalue weighted by Crippen LogP contribution is -2.64. The molecule has 0 unspecified atom stereocenters. The fourth-order valence-electron chi connectivity index (χ4n) is 3.99. The largest absolute Gasteiger partial charge is 0.446 e. The first kappa shape index (κ1) is 20.3. The third kappa shape index (κ3) is 5.09. The Kier molecular flexibility index (Phi) is 5.16. The maximum absolute atomic E-state index is 14.1. The van der Waals surface area contributed by atoms with Gasteiger partial charge in [-0.1, -0.05) is 6.07 Å². The predicted molar refractivity (Wildman–Crippen MR) is 95.0 cm³/mol. The second-order valence-electron chi connectivity index (χ2n) is 8.62. The van der Waals surface area contributed by atoms with Gasteiger partial charge in [-0.3, -0.25) is 0 Å². The second kappa shape index (κ2) is 6.87. The van der Waals surface area contributed by atoms with Crippen LogP contribution in [-0.4, -0.2) is 35.2 Å². The third-order valence-corrected chi connectivity index (χ3v) is 5.64. The van der Waals surface area contributed by atoms with E-state index in [1.807, 2.05) is 20.8 Å². The number of benzene rings is 1. The summed E-state index contributed by atoms with van der Waals surface area (Å²) < 4.78 is 56.5. The summed E-state index contributed by atoms with van der Waals surface area (Å²) in [4.78, 5) is 13.5. The van der Waals surface area contributed by atoms with Crippen LogP contribution >= 0.6 is 11.8 Å². The van der Waals surface area contributed by atoms with Crippen LogP contribution in [0.4, 0.5) is 22.4 Å². The van der Waals surface area contributed by atoms with E-state index in [-0.39, 0.29) is 28.2 Å². The summed E-state index contributed by atoms with van der Waals surface area (Å²) in [6.45, 7) is 6.79. The summed E-state index contributed by atoms with van der Waals surface area (Å²) in [6, 6.07) is 3.72. The smallest absolute Gasteiger partial charge is 0.444 e. The first-order valence-electron chi connectivity index (χ1n) is 8.86. The van der Waals surface area contributed by atoms with Crippen LogP contribution < -0.4 is 0 Å². The number of thioether (sulfide) groups is 1. The van der Waals surface area contributed by atoms with Gasteiger partial charge in [0.1, 0.15) is 11.4 Å². The van der Waals surface area contributed by atoms with E-state index in [0.717, 1.165) is 18.9 Å². The molecule has 1 aromatic rings. The molecule has 27 heavy (non-hydrogen) atoms. The van der Waals surface area contributed by atoms with Crippen molar-refractivity contribution in [2.75, 3.05) is 13.1 Å². The van der Waals surface area contributed by atoms with Crippen molar-refractivity contribution in [3.8, 4) is 0 Å². The van der Waals surface area contributed by atoms with E-state index in [9.17, 15) is 22.4 Å². The van der Waals surface area contributed by atoms with Crippen molar-refractivity contribution in [2.45, 2.75) is 56.0 Å². The van der Waals surface area contributed by atoms with Crippen LogP contribution in [0.15, 0.2) is 23.1 Å². The summed E-state index contributed by atoms with van der Waals surface area (Å²) >= 11 is -0.308. The van der Waals surface area contributed by atoms with Gasteiger partial charge in [0, 0.05) is 23.4 Å². The number of halogens is 4. The van der Waals surface area contributed by atoms with E-state index < -0.39 is 16.9 Å². The van der Waals surface area contributed by atoms with Crippen LogP contribution in [0.5, 0.6) is 0 Å². The van der Waals surface area contributed by atoms with Crippen molar-refractivity contribution in [3.63, 3.8) is 0 Å². The minimum Gasteiger partial charge on any atom is -0.444 e.